The summed E-state index contributed by atoms with van der Waals surface area (Å²) in [4.78, 5) is 11.9. The molecule has 2 rings (SSSR count). The average molecular weight is 277 g/mol. The minimum Gasteiger partial charge on any atom is -0.444 e. The van der Waals surface area contributed by atoms with Crippen molar-refractivity contribution < 1.29 is 14.6 Å². The molecule has 0 bridgehead atoms. The van der Waals surface area contributed by atoms with E-state index in [2.05, 4.69) is 17.4 Å². The SMILES string of the molecule is CC(C)(C)OC(=O)NC(CO)C1CCc2ccccc21. The number of alkyl carbamates (subject to hydrolysis) is 1. The molecule has 1 aliphatic rings. The van der Waals surface area contributed by atoms with Crippen LogP contribution in [0, 0.1) is 0 Å². The van der Waals surface area contributed by atoms with E-state index in [1.54, 1.807) is 0 Å². The fourth-order valence-electron chi connectivity index (χ4n) is 2.74. The Labute approximate surface area is 120 Å². The highest BCUT2D eigenvalue weighted by Gasteiger charge is 2.31. The summed E-state index contributed by atoms with van der Waals surface area (Å²) in [5.41, 5.74) is 2.00. The van der Waals surface area contributed by atoms with Crippen molar-refractivity contribution >= 4 is 6.09 Å². The van der Waals surface area contributed by atoms with E-state index in [9.17, 15) is 9.90 Å². The first-order valence-corrected chi connectivity index (χ1v) is 7.09. The molecule has 2 unspecified atom stereocenters. The summed E-state index contributed by atoms with van der Waals surface area (Å²) < 4.78 is 5.26. The smallest absolute Gasteiger partial charge is 0.407 e. The molecule has 4 nitrogen and oxygen atoms in total. The van der Waals surface area contributed by atoms with Crippen LogP contribution in [0.3, 0.4) is 0 Å². The summed E-state index contributed by atoms with van der Waals surface area (Å²) in [6, 6.07) is 7.91. The van der Waals surface area contributed by atoms with Crippen LogP contribution >= 0.6 is 0 Å². The number of aryl methyl sites for hydroxylation is 1. The van der Waals surface area contributed by atoms with E-state index in [4.69, 9.17) is 4.74 Å². The minimum absolute atomic E-state index is 0.0851. The largest absolute Gasteiger partial charge is 0.444 e. The number of hydrogen-bond acceptors (Lipinski definition) is 3. The van der Waals surface area contributed by atoms with Crippen molar-refractivity contribution in [3.8, 4) is 0 Å². The van der Waals surface area contributed by atoms with Crippen LogP contribution in [-0.4, -0.2) is 29.4 Å². The van der Waals surface area contributed by atoms with Gasteiger partial charge in [-0.25, -0.2) is 4.79 Å². The summed E-state index contributed by atoms with van der Waals surface area (Å²) in [5.74, 6) is 0.156. The van der Waals surface area contributed by atoms with Crippen LogP contribution < -0.4 is 5.32 Å². The molecule has 2 N–H and O–H groups in total. The fourth-order valence-corrected chi connectivity index (χ4v) is 2.74. The van der Waals surface area contributed by atoms with Crippen LogP contribution in [0.4, 0.5) is 4.79 Å². The summed E-state index contributed by atoms with van der Waals surface area (Å²) in [6.07, 6.45) is 1.47. The first-order chi connectivity index (χ1) is 9.40. The summed E-state index contributed by atoms with van der Waals surface area (Å²) in [6.45, 7) is 5.39. The normalized spacial score (nSPS) is 19.3. The van der Waals surface area contributed by atoms with Gasteiger partial charge < -0.3 is 15.2 Å². The van der Waals surface area contributed by atoms with Crippen LogP contribution in [-0.2, 0) is 11.2 Å². The molecule has 4 heteroatoms. The summed E-state index contributed by atoms with van der Waals surface area (Å²) >= 11 is 0. The Morgan fingerprint density at radius 1 is 1.45 bits per heavy atom. The molecule has 1 aliphatic carbocycles. The van der Waals surface area contributed by atoms with Gasteiger partial charge in [-0.3, -0.25) is 0 Å². The van der Waals surface area contributed by atoms with Crippen LogP contribution in [0.5, 0.6) is 0 Å². The molecule has 1 aromatic carbocycles. The Morgan fingerprint density at radius 3 is 2.80 bits per heavy atom. The van der Waals surface area contributed by atoms with Gasteiger partial charge in [-0.1, -0.05) is 24.3 Å². The van der Waals surface area contributed by atoms with Gasteiger partial charge in [-0.15, -0.1) is 0 Å². The van der Waals surface area contributed by atoms with Crippen molar-refractivity contribution in [3.63, 3.8) is 0 Å². The minimum atomic E-state index is -0.530. The molecule has 110 valence electrons. The van der Waals surface area contributed by atoms with Crippen molar-refractivity contribution in [2.75, 3.05) is 6.61 Å². The second kappa shape index (κ2) is 5.83. The van der Waals surface area contributed by atoms with Crippen LogP contribution in [0.1, 0.15) is 44.2 Å². The Morgan fingerprint density at radius 2 is 2.15 bits per heavy atom. The quantitative estimate of drug-likeness (QED) is 0.893. The van der Waals surface area contributed by atoms with E-state index in [0.717, 1.165) is 12.8 Å². The maximum atomic E-state index is 11.9. The molecule has 0 aromatic heterocycles. The molecule has 20 heavy (non-hydrogen) atoms. The summed E-state index contributed by atoms with van der Waals surface area (Å²) in [7, 11) is 0. The lowest BCUT2D eigenvalue weighted by molar-refractivity contribution is 0.0471. The molecule has 2 atom stereocenters. The van der Waals surface area contributed by atoms with Gasteiger partial charge in [0.05, 0.1) is 12.6 Å². The number of ether oxygens (including phenoxy) is 1. The molecular formula is C16H23NO3. The summed E-state index contributed by atoms with van der Waals surface area (Å²) in [5, 5.41) is 12.4. The zero-order valence-corrected chi connectivity index (χ0v) is 12.3. The molecular weight excluding hydrogens is 254 g/mol. The van der Waals surface area contributed by atoms with E-state index in [0.29, 0.717) is 0 Å². The van der Waals surface area contributed by atoms with Crippen molar-refractivity contribution in [2.45, 2.75) is 51.2 Å². The first kappa shape index (κ1) is 14.9. The zero-order chi connectivity index (χ0) is 14.8. The second-order valence-electron chi connectivity index (χ2n) is 6.28. The fraction of sp³-hybridized carbons (Fsp3) is 0.562. The Bertz CT molecular complexity index is 479. The number of aliphatic hydroxyl groups excluding tert-OH is 1. The molecule has 1 aromatic rings. The molecule has 0 radical (unpaired) electrons. The number of rotatable bonds is 3. The van der Waals surface area contributed by atoms with Gasteiger partial charge in [0, 0.05) is 5.92 Å². The standard InChI is InChI=1S/C16H23NO3/c1-16(2,3)20-15(19)17-14(10-18)13-9-8-11-6-4-5-7-12(11)13/h4-7,13-14,18H,8-10H2,1-3H3,(H,17,19). The molecule has 1 amide bonds. The third-order valence-corrected chi connectivity index (χ3v) is 3.56. The number of hydrogen-bond donors (Lipinski definition) is 2. The third kappa shape index (κ3) is 3.51. The van der Waals surface area contributed by atoms with Crippen LogP contribution in [0.2, 0.25) is 0 Å². The molecule has 0 fully saturated rings. The van der Waals surface area contributed by atoms with E-state index in [-0.39, 0.29) is 18.6 Å². The van der Waals surface area contributed by atoms with Gasteiger partial charge in [0.2, 0.25) is 0 Å². The number of fused-ring (bicyclic) bond motifs is 1. The predicted molar refractivity (Wildman–Crippen MR) is 77.7 cm³/mol. The Balaban J connectivity index is 2.05. The Hall–Kier alpha value is -1.55. The van der Waals surface area contributed by atoms with E-state index in [1.165, 1.54) is 11.1 Å². The topological polar surface area (TPSA) is 58.6 Å². The molecule has 0 spiro atoms. The monoisotopic (exact) mass is 277 g/mol. The zero-order valence-electron chi connectivity index (χ0n) is 12.3. The highest BCUT2D eigenvalue weighted by atomic mass is 16.6. The number of amides is 1. The maximum absolute atomic E-state index is 11.9. The third-order valence-electron chi connectivity index (χ3n) is 3.56. The lowest BCUT2D eigenvalue weighted by atomic mass is 9.94. The number of carbonyl (C=O) groups excluding carboxylic acids is 1. The van der Waals surface area contributed by atoms with Crippen molar-refractivity contribution in [1.82, 2.24) is 5.32 Å². The predicted octanol–water partition coefficient (Wildman–Crippen LogP) is 2.60. The van der Waals surface area contributed by atoms with Crippen molar-refractivity contribution in [2.24, 2.45) is 0 Å². The van der Waals surface area contributed by atoms with Gasteiger partial charge in [-0.2, -0.15) is 0 Å². The number of aliphatic hydroxyl groups is 1. The molecule has 0 heterocycles. The number of benzene rings is 1. The highest BCUT2D eigenvalue weighted by molar-refractivity contribution is 5.68. The van der Waals surface area contributed by atoms with Crippen molar-refractivity contribution in [1.29, 1.82) is 0 Å². The lowest BCUT2D eigenvalue weighted by Crippen LogP contribution is -2.43. The number of carbonyl (C=O) groups is 1. The van der Waals surface area contributed by atoms with Crippen LogP contribution in [0.25, 0.3) is 0 Å². The van der Waals surface area contributed by atoms with Gasteiger partial charge >= 0.3 is 6.09 Å². The van der Waals surface area contributed by atoms with Gasteiger partial charge in [0.1, 0.15) is 5.60 Å². The molecule has 0 saturated heterocycles. The Kier molecular flexibility index (Phi) is 4.33. The van der Waals surface area contributed by atoms with Gasteiger partial charge in [-0.05, 0) is 44.7 Å². The first-order valence-electron chi connectivity index (χ1n) is 7.09. The van der Waals surface area contributed by atoms with Gasteiger partial charge in [0.25, 0.3) is 0 Å². The average Bonchev–Trinajstić information content (AvgIpc) is 2.77. The van der Waals surface area contributed by atoms with Crippen molar-refractivity contribution in [3.05, 3.63) is 35.4 Å². The lowest BCUT2D eigenvalue weighted by Gasteiger charge is -2.26. The molecule has 0 aliphatic heterocycles. The van der Waals surface area contributed by atoms with E-state index < -0.39 is 11.7 Å². The number of nitrogens with one attached hydrogen (secondary N) is 1. The van der Waals surface area contributed by atoms with Gasteiger partial charge in [0.15, 0.2) is 0 Å². The second-order valence-corrected chi connectivity index (χ2v) is 6.28. The molecule has 0 saturated carbocycles. The van der Waals surface area contributed by atoms with E-state index in [1.807, 2.05) is 32.9 Å². The van der Waals surface area contributed by atoms with E-state index >= 15 is 0 Å². The highest BCUT2D eigenvalue weighted by Crippen LogP contribution is 2.35. The van der Waals surface area contributed by atoms with Crippen LogP contribution in [0.15, 0.2) is 24.3 Å². The maximum Gasteiger partial charge on any atom is 0.407 e.